The SMILES string of the molecule is COCCC(C)n1nnc(C(=O)O)c1-c1cccs1. The highest BCUT2D eigenvalue weighted by Gasteiger charge is 2.23. The summed E-state index contributed by atoms with van der Waals surface area (Å²) in [5.41, 5.74) is 0.554. The third kappa shape index (κ3) is 2.82. The van der Waals surface area contributed by atoms with Crippen molar-refractivity contribution in [2.24, 2.45) is 0 Å². The highest BCUT2D eigenvalue weighted by atomic mass is 32.1. The summed E-state index contributed by atoms with van der Waals surface area (Å²) in [5, 5.41) is 18.9. The number of aromatic nitrogens is 3. The number of thiophene rings is 1. The van der Waals surface area contributed by atoms with Crippen LogP contribution in [-0.4, -0.2) is 39.8 Å². The van der Waals surface area contributed by atoms with E-state index in [9.17, 15) is 9.90 Å². The lowest BCUT2D eigenvalue weighted by atomic mass is 10.2. The van der Waals surface area contributed by atoms with E-state index in [0.717, 1.165) is 11.3 Å². The molecule has 19 heavy (non-hydrogen) atoms. The molecule has 0 bridgehead atoms. The third-order valence-corrected chi connectivity index (χ3v) is 3.69. The van der Waals surface area contributed by atoms with E-state index < -0.39 is 5.97 Å². The van der Waals surface area contributed by atoms with E-state index in [1.165, 1.54) is 11.3 Å². The van der Waals surface area contributed by atoms with Gasteiger partial charge in [0.1, 0.15) is 5.69 Å². The molecule has 0 fully saturated rings. The monoisotopic (exact) mass is 281 g/mol. The van der Waals surface area contributed by atoms with Crippen molar-refractivity contribution in [3.05, 3.63) is 23.2 Å². The molecule has 0 aliphatic carbocycles. The molecule has 6 nitrogen and oxygen atoms in total. The van der Waals surface area contributed by atoms with Crippen molar-refractivity contribution < 1.29 is 14.6 Å². The maximum atomic E-state index is 11.2. The first-order chi connectivity index (χ1) is 9.15. The summed E-state index contributed by atoms with van der Waals surface area (Å²) in [5.74, 6) is -1.06. The smallest absolute Gasteiger partial charge is 0.358 e. The van der Waals surface area contributed by atoms with E-state index in [2.05, 4.69) is 10.3 Å². The molecule has 2 aromatic heterocycles. The van der Waals surface area contributed by atoms with Crippen LogP contribution in [0, 0.1) is 0 Å². The van der Waals surface area contributed by atoms with E-state index in [4.69, 9.17) is 4.74 Å². The molecule has 2 aromatic rings. The quantitative estimate of drug-likeness (QED) is 0.879. The Morgan fingerprint density at radius 2 is 2.42 bits per heavy atom. The molecule has 102 valence electrons. The molecule has 1 atom stereocenters. The number of methoxy groups -OCH3 is 1. The molecular formula is C12H15N3O3S. The number of ether oxygens (including phenoxy) is 1. The van der Waals surface area contributed by atoms with E-state index in [0.29, 0.717) is 12.3 Å². The minimum absolute atomic E-state index is 0.00767. The Morgan fingerprint density at radius 3 is 3.00 bits per heavy atom. The maximum Gasteiger partial charge on any atom is 0.358 e. The van der Waals surface area contributed by atoms with Crippen molar-refractivity contribution in [2.75, 3.05) is 13.7 Å². The van der Waals surface area contributed by atoms with Crippen LogP contribution in [0.5, 0.6) is 0 Å². The van der Waals surface area contributed by atoms with Gasteiger partial charge < -0.3 is 9.84 Å². The second-order valence-corrected chi connectivity index (χ2v) is 5.09. The average Bonchev–Trinajstić information content (AvgIpc) is 3.02. The summed E-state index contributed by atoms with van der Waals surface area (Å²) in [6, 6.07) is 3.77. The van der Waals surface area contributed by atoms with Crippen molar-refractivity contribution >= 4 is 17.3 Å². The first-order valence-electron chi connectivity index (χ1n) is 5.86. The summed E-state index contributed by atoms with van der Waals surface area (Å²) in [7, 11) is 1.64. The molecule has 0 saturated carbocycles. The largest absolute Gasteiger partial charge is 0.476 e. The van der Waals surface area contributed by atoms with Crippen LogP contribution < -0.4 is 0 Å². The third-order valence-electron chi connectivity index (χ3n) is 2.81. The van der Waals surface area contributed by atoms with Gasteiger partial charge in [-0.2, -0.15) is 0 Å². The van der Waals surface area contributed by atoms with E-state index >= 15 is 0 Å². The number of nitrogens with zero attached hydrogens (tertiary/aromatic N) is 3. The van der Waals surface area contributed by atoms with Gasteiger partial charge in [0.05, 0.1) is 10.9 Å². The fourth-order valence-corrected chi connectivity index (χ4v) is 2.56. The Kier molecular flexibility index (Phi) is 4.28. The highest BCUT2D eigenvalue weighted by Crippen LogP contribution is 2.29. The fraction of sp³-hybridized carbons (Fsp3) is 0.417. The van der Waals surface area contributed by atoms with Crippen LogP contribution >= 0.6 is 11.3 Å². The number of carboxylic acids is 1. The zero-order chi connectivity index (χ0) is 13.8. The second-order valence-electron chi connectivity index (χ2n) is 4.14. The molecular weight excluding hydrogens is 266 g/mol. The van der Waals surface area contributed by atoms with E-state index in [1.807, 2.05) is 24.4 Å². The molecule has 0 radical (unpaired) electrons. The molecule has 2 rings (SSSR count). The zero-order valence-corrected chi connectivity index (χ0v) is 11.6. The van der Waals surface area contributed by atoms with Gasteiger partial charge in [0.25, 0.3) is 0 Å². The molecule has 7 heteroatoms. The lowest BCUT2D eigenvalue weighted by molar-refractivity contribution is 0.0691. The standard InChI is InChI=1S/C12H15N3O3S/c1-8(5-6-18-2)15-11(9-4-3-7-19-9)10(12(16)17)13-14-15/h3-4,7-8H,5-6H2,1-2H3,(H,16,17). The van der Waals surface area contributed by atoms with Crippen LogP contribution in [0.2, 0.25) is 0 Å². The van der Waals surface area contributed by atoms with Gasteiger partial charge in [0.2, 0.25) is 0 Å². The molecule has 0 saturated heterocycles. The number of carbonyl (C=O) groups is 1. The second kappa shape index (κ2) is 5.94. The van der Waals surface area contributed by atoms with Crippen LogP contribution in [0.4, 0.5) is 0 Å². The Labute approximate surface area is 114 Å². The first-order valence-corrected chi connectivity index (χ1v) is 6.74. The van der Waals surface area contributed by atoms with Crippen molar-refractivity contribution in [1.29, 1.82) is 0 Å². The summed E-state index contributed by atoms with van der Waals surface area (Å²) >= 11 is 1.47. The van der Waals surface area contributed by atoms with Gasteiger partial charge in [-0.25, -0.2) is 9.48 Å². The number of hydrogen-bond acceptors (Lipinski definition) is 5. The maximum absolute atomic E-state index is 11.2. The van der Waals surface area contributed by atoms with Crippen LogP contribution in [0.15, 0.2) is 17.5 Å². The van der Waals surface area contributed by atoms with Gasteiger partial charge in [-0.3, -0.25) is 0 Å². The summed E-state index contributed by atoms with van der Waals surface area (Å²) in [6.45, 7) is 2.56. The molecule has 0 amide bonds. The minimum Gasteiger partial charge on any atom is -0.476 e. The van der Waals surface area contributed by atoms with Crippen molar-refractivity contribution in [2.45, 2.75) is 19.4 Å². The Hall–Kier alpha value is -1.73. The number of carboxylic acid groups (broad SMARTS) is 1. The van der Waals surface area contributed by atoms with Gasteiger partial charge in [0.15, 0.2) is 5.69 Å². The zero-order valence-electron chi connectivity index (χ0n) is 10.7. The molecule has 0 aliphatic rings. The van der Waals surface area contributed by atoms with Crippen LogP contribution in [0.25, 0.3) is 10.6 Å². The van der Waals surface area contributed by atoms with Crippen LogP contribution in [0.1, 0.15) is 29.9 Å². The van der Waals surface area contributed by atoms with Gasteiger partial charge in [-0.15, -0.1) is 16.4 Å². The Balaban J connectivity index is 2.41. The number of aromatic carboxylic acids is 1. The van der Waals surface area contributed by atoms with E-state index in [-0.39, 0.29) is 11.7 Å². The molecule has 2 heterocycles. The van der Waals surface area contributed by atoms with Gasteiger partial charge in [-0.05, 0) is 24.8 Å². The molecule has 0 spiro atoms. The predicted octanol–water partition coefficient (Wildman–Crippen LogP) is 2.30. The van der Waals surface area contributed by atoms with E-state index in [1.54, 1.807) is 11.8 Å². The van der Waals surface area contributed by atoms with Gasteiger partial charge in [-0.1, -0.05) is 11.3 Å². The lowest BCUT2D eigenvalue weighted by Crippen LogP contribution is -2.11. The topological polar surface area (TPSA) is 77.2 Å². The minimum atomic E-state index is -1.06. The molecule has 0 aliphatic heterocycles. The fourth-order valence-electron chi connectivity index (χ4n) is 1.80. The summed E-state index contributed by atoms with van der Waals surface area (Å²) in [4.78, 5) is 12.1. The van der Waals surface area contributed by atoms with Gasteiger partial charge >= 0.3 is 5.97 Å². The normalized spacial score (nSPS) is 12.5. The molecule has 0 aromatic carbocycles. The number of hydrogen-bond donors (Lipinski definition) is 1. The summed E-state index contributed by atoms with van der Waals surface area (Å²) < 4.78 is 6.70. The average molecular weight is 281 g/mol. The van der Waals surface area contributed by atoms with Crippen LogP contribution in [0.3, 0.4) is 0 Å². The van der Waals surface area contributed by atoms with Crippen molar-refractivity contribution in [3.63, 3.8) is 0 Å². The predicted molar refractivity (Wildman–Crippen MR) is 71.5 cm³/mol. The molecule has 1 unspecified atom stereocenters. The van der Waals surface area contributed by atoms with Crippen molar-refractivity contribution in [1.82, 2.24) is 15.0 Å². The summed E-state index contributed by atoms with van der Waals surface area (Å²) in [6.07, 6.45) is 0.747. The highest BCUT2D eigenvalue weighted by molar-refractivity contribution is 7.13. The number of rotatable bonds is 6. The molecule has 1 N–H and O–H groups in total. The Morgan fingerprint density at radius 1 is 1.63 bits per heavy atom. The van der Waals surface area contributed by atoms with Crippen molar-refractivity contribution in [3.8, 4) is 10.6 Å². The Bertz CT molecular complexity index is 551. The van der Waals surface area contributed by atoms with Gasteiger partial charge in [0, 0.05) is 13.7 Å². The lowest BCUT2D eigenvalue weighted by Gasteiger charge is -2.13. The van der Waals surface area contributed by atoms with Crippen LogP contribution in [-0.2, 0) is 4.74 Å². The first kappa shape index (κ1) is 13.7.